The van der Waals surface area contributed by atoms with Gasteiger partial charge in [-0.3, -0.25) is 4.39 Å². The van der Waals surface area contributed by atoms with Crippen LogP contribution in [-0.2, 0) is 19.0 Å². The number of nitrogens with zero attached hydrogens (tertiary/aromatic N) is 1. The number of halogens is 4. The van der Waals surface area contributed by atoms with Gasteiger partial charge in [-0.05, 0) is 102 Å². The third-order valence-corrected chi connectivity index (χ3v) is 8.01. The monoisotopic (exact) mass is 551 g/mol. The maximum Gasteiger partial charge on any atom is 0.417 e. The van der Waals surface area contributed by atoms with Crippen LogP contribution in [0.15, 0.2) is 60.7 Å². The molecule has 5 rings (SSSR count). The van der Waals surface area contributed by atoms with E-state index in [-0.39, 0.29) is 17.8 Å². The van der Waals surface area contributed by atoms with E-state index in [1.165, 1.54) is 12.1 Å². The van der Waals surface area contributed by atoms with Crippen molar-refractivity contribution in [3.63, 3.8) is 0 Å². The van der Waals surface area contributed by atoms with Gasteiger partial charge in [0.1, 0.15) is 0 Å². The molecule has 1 N–H and O–H groups in total. The number of hydrogen-bond donors (Lipinski definition) is 1. The molecule has 1 heterocycles. The molecule has 1 fully saturated rings. The maximum atomic E-state index is 14.3. The van der Waals surface area contributed by atoms with Gasteiger partial charge in [0.2, 0.25) is 0 Å². The van der Waals surface area contributed by atoms with Gasteiger partial charge in [-0.25, -0.2) is 4.79 Å². The van der Waals surface area contributed by atoms with Crippen molar-refractivity contribution in [2.24, 2.45) is 5.92 Å². The lowest BCUT2D eigenvalue weighted by molar-refractivity contribution is -0.137. The van der Waals surface area contributed by atoms with E-state index in [9.17, 15) is 27.5 Å². The number of rotatable bonds is 8. The molecule has 0 unspecified atom stereocenters. The van der Waals surface area contributed by atoms with Crippen LogP contribution in [0.3, 0.4) is 0 Å². The van der Waals surface area contributed by atoms with Crippen LogP contribution in [0.2, 0.25) is 0 Å². The summed E-state index contributed by atoms with van der Waals surface area (Å²) in [5.74, 6) is -0.519. The number of carbonyl (C=O) groups is 1. The molecule has 40 heavy (non-hydrogen) atoms. The molecule has 3 aromatic carbocycles. The summed E-state index contributed by atoms with van der Waals surface area (Å²) < 4.78 is 55.2. The van der Waals surface area contributed by atoms with E-state index in [0.717, 1.165) is 53.9 Å². The molecule has 0 atom stereocenters. The predicted octanol–water partition coefficient (Wildman–Crippen LogP) is 7.84. The fourth-order valence-corrected chi connectivity index (χ4v) is 6.09. The number of likely N-dealkylation sites (tertiary alicyclic amines) is 1. The van der Waals surface area contributed by atoms with E-state index in [1.54, 1.807) is 31.2 Å². The molecule has 0 amide bonds. The predicted molar refractivity (Wildman–Crippen MR) is 149 cm³/mol. The standard InChI is InChI=1S/C33H33F4NO2/c1-21-6-12-28(30(16-21)33(35,36)37)29-5-2-4-25-18-26(32(39)40)11-13-27(25)31(29)24-9-7-22(8-10-24)17-23-19-38(20-23)15-3-14-34/h6-13,16,18,23H,2-5,14-15,17,19-20H2,1H3,(H,39,40). The van der Waals surface area contributed by atoms with Crippen molar-refractivity contribution in [2.45, 2.75) is 45.2 Å². The first kappa shape index (κ1) is 28.1. The zero-order valence-corrected chi connectivity index (χ0v) is 22.5. The highest BCUT2D eigenvalue weighted by Crippen LogP contribution is 2.44. The summed E-state index contributed by atoms with van der Waals surface area (Å²) in [6, 6.07) is 17.5. The molecule has 3 nitrogen and oxygen atoms in total. The van der Waals surface area contributed by atoms with Gasteiger partial charge in [-0.2, -0.15) is 13.2 Å². The van der Waals surface area contributed by atoms with Crippen LogP contribution in [0.25, 0.3) is 11.1 Å². The summed E-state index contributed by atoms with van der Waals surface area (Å²) in [6.45, 7) is 4.04. The van der Waals surface area contributed by atoms with Crippen LogP contribution < -0.4 is 0 Å². The lowest BCUT2D eigenvalue weighted by Crippen LogP contribution is -2.47. The summed E-state index contributed by atoms with van der Waals surface area (Å²) in [5, 5.41) is 9.55. The van der Waals surface area contributed by atoms with Crippen LogP contribution in [-0.4, -0.2) is 42.3 Å². The van der Waals surface area contributed by atoms with Gasteiger partial charge in [-0.15, -0.1) is 0 Å². The molecule has 7 heteroatoms. The second kappa shape index (κ2) is 11.6. The molecular formula is C33H33F4NO2. The lowest BCUT2D eigenvalue weighted by atomic mass is 9.84. The molecule has 1 saturated heterocycles. The SMILES string of the molecule is Cc1ccc(C2=C(c3ccc(CC4CN(CCCF)C4)cc3)c3ccc(C(=O)O)cc3CCC2)c(C(F)(F)F)c1. The Labute approximate surface area is 232 Å². The zero-order chi connectivity index (χ0) is 28.4. The van der Waals surface area contributed by atoms with Crippen LogP contribution in [0, 0.1) is 12.8 Å². The first-order valence-electron chi connectivity index (χ1n) is 13.8. The minimum Gasteiger partial charge on any atom is -0.478 e. The molecular weight excluding hydrogens is 518 g/mol. The van der Waals surface area contributed by atoms with Gasteiger partial charge in [-0.1, -0.05) is 48.0 Å². The van der Waals surface area contributed by atoms with Crippen LogP contribution in [0.4, 0.5) is 17.6 Å². The fraction of sp³-hybridized carbons (Fsp3) is 0.364. The van der Waals surface area contributed by atoms with E-state index in [0.29, 0.717) is 42.7 Å². The van der Waals surface area contributed by atoms with E-state index < -0.39 is 17.7 Å². The normalized spacial score (nSPS) is 16.4. The Morgan fingerprint density at radius 3 is 2.38 bits per heavy atom. The third kappa shape index (κ3) is 5.99. The van der Waals surface area contributed by atoms with Crippen LogP contribution in [0.1, 0.15) is 68.6 Å². The Kier molecular flexibility index (Phi) is 8.13. The van der Waals surface area contributed by atoms with Crippen molar-refractivity contribution >= 4 is 17.1 Å². The first-order chi connectivity index (χ1) is 19.1. The number of aromatic carboxylic acids is 1. The highest BCUT2D eigenvalue weighted by atomic mass is 19.4. The third-order valence-electron chi connectivity index (χ3n) is 8.01. The molecule has 3 aromatic rings. The quantitative estimate of drug-likeness (QED) is 0.290. The number of hydrogen-bond acceptors (Lipinski definition) is 2. The van der Waals surface area contributed by atoms with Crippen molar-refractivity contribution < 1.29 is 27.5 Å². The Morgan fingerprint density at radius 1 is 0.975 bits per heavy atom. The number of carboxylic acids is 1. The largest absolute Gasteiger partial charge is 0.478 e. The van der Waals surface area contributed by atoms with E-state index in [2.05, 4.69) is 4.90 Å². The lowest BCUT2D eigenvalue weighted by Gasteiger charge is -2.39. The molecule has 0 bridgehead atoms. The summed E-state index contributed by atoms with van der Waals surface area (Å²) in [6.07, 6.45) is -1.42. The van der Waals surface area contributed by atoms with E-state index in [1.807, 2.05) is 24.3 Å². The van der Waals surface area contributed by atoms with Crippen LogP contribution in [0.5, 0.6) is 0 Å². The van der Waals surface area contributed by atoms with Crippen molar-refractivity contribution in [2.75, 3.05) is 26.3 Å². The molecule has 0 radical (unpaired) electrons. The Morgan fingerprint density at radius 2 is 1.70 bits per heavy atom. The highest BCUT2D eigenvalue weighted by Gasteiger charge is 2.35. The Balaban J connectivity index is 1.57. The molecule has 0 spiro atoms. The zero-order valence-electron chi connectivity index (χ0n) is 22.5. The molecule has 1 aliphatic carbocycles. The summed E-state index contributed by atoms with van der Waals surface area (Å²) >= 11 is 0. The van der Waals surface area contributed by atoms with Gasteiger partial charge in [0.25, 0.3) is 0 Å². The van der Waals surface area contributed by atoms with Crippen LogP contribution >= 0.6 is 0 Å². The highest BCUT2D eigenvalue weighted by molar-refractivity contribution is 6.01. The Hall–Kier alpha value is -3.45. The van der Waals surface area contributed by atoms with Crippen molar-refractivity contribution in [3.8, 4) is 0 Å². The average molecular weight is 552 g/mol. The second-order valence-electron chi connectivity index (χ2n) is 11.0. The number of fused-ring (bicyclic) bond motifs is 1. The summed E-state index contributed by atoms with van der Waals surface area (Å²) in [5.41, 5.74) is 5.18. The van der Waals surface area contributed by atoms with Crippen molar-refractivity contribution in [1.82, 2.24) is 4.90 Å². The minimum absolute atomic E-state index is 0.171. The fourth-order valence-electron chi connectivity index (χ4n) is 6.09. The van der Waals surface area contributed by atoms with Gasteiger partial charge in [0, 0.05) is 19.6 Å². The van der Waals surface area contributed by atoms with Crippen molar-refractivity contribution in [1.29, 1.82) is 0 Å². The second-order valence-corrected chi connectivity index (χ2v) is 11.0. The maximum absolute atomic E-state index is 14.3. The number of aryl methyl sites for hydroxylation is 2. The van der Waals surface area contributed by atoms with E-state index in [4.69, 9.17) is 0 Å². The number of allylic oxidation sites excluding steroid dienone is 1. The number of benzene rings is 3. The molecule has 0 saturated carbocycles. The van der Waals surface area contributed by atoms with Gasteiger partial charge in [0.15, 0.2) is 0 Å². The average Bonchev–Trinajstić information content (AvgIpc) is 3.09. The van der Waals surface area contributed by atoms with Crippen molar-refractivity contribution in [3.05, 3.63) is 105 Å². The minimum atomic E-state index is -4.51. The molecule has 1 aliphatic heterocycles. The summed E-state index contributed by atoms with van der Waals surface area (Å²) in [7, 11) is 0. The smallest absolute Gasteiger partial charge is 0.417 e. The first-order valence-corrected chi connectivity index (χ1v) is 13.8. The number of alkyl halides is 4. The Bertz CT molecular complexity index is 1420. The van der Waals surface area contributed by atoms with E-state index >= 15 is 0 Å². The number of carboxylic acid groups (broad SMARTS) is 1. The summed E-state index contributed by atoms with van der Waals surface area (Å²) in [4.78, 5) is 13.9. The van der Waals surface area contributed by atoms with Gasteiger partial charge < -0.3 is 10.0 Å². The van der Waals surface area contributed by atoms with Gasteiger partial charge in [0.05, 0.1) is 17.8 Å². The molecule has 210 valence electrons. The topological polar surface area (TPSA) is 40.5 Å². The molecule has 0 aromatic heterocycles. The van der Waals surface area contributed by atoms with Gasteiger partial charge >= 0.3 is 12.1 Å². The molecule has 2 aliphatic rings.